The molecule has 1 aliphatic carbocycles. The Kier molecular flexibility index (Phi) is 5.50. The first-order chi connectivity index (χ1) is 10.9. The lowest BCUT2D eigenvalue weighted by Crippen LogP contribution is -2.37. The van der Waals surface area contributed by atoms with Crippen LogP contribution in [-0.4, -0.2) is 33.0 Å². The average Bonchev–Trinajstić information content (AvgIpc) is 2.93. The molecule has 124 valence electrons. The van der Waals surface area contributed by atoms with Gasteiger partial charge in [-0.15, -0.1) is 6.58 Å². The number of hydrogen-bond acceptors (Lipinski definition) is 4. The fourth-order valence-electron chi connectivity index (χ4n) is 3.00. The van der Waals surface area contributed by atoms with Crippen molar-refractivity contribution < 1.29 is 14.8 Å². The highest BCUT2D eigenvalue weighted by atomic mass is 16.6. The summed E-state index contributed by atoms with van der Waals surface area (Å²) in [5.74, 6) is -0.152. The van der Waals surface area contributed by atoms with Crippen molar-refractivity contribution in [3.05, 3.63) is 52.6 Å². The molecule has 6 nitrogen and oxygen atoms in total. The molecule has 0 bridgehead atoms. The summed E-state index contributed by atoms with van der Waals surface area (Å²) in [6, 6.07) is 6.24. The molecule has 6 heteroatoms. The van der Waals surface area contributed by atoms with Gasteiger partial charge in [0.05, 0.1) is 16.9 Å². The Morgan fingerprint density at radius 3 is 2.74 bits per heavy atom. The van der Waals surface area contributed by atoms with Crippen LogP contribution in [0.3, 0.4) is 0 Å². The van der Waals surface area contributed by atoms with Crippen LogP contribution in [0.15, 0.2) is 36.9 Å². The van der Waals surface area contributed by atoms with Crippen molar-refractivity contribution in [3.63, 3.8) is 0 Å². The van der Waals surface area contributed by atoms with E-state index in [9.17, 15) is 20.0 Å². The molecule has 0 aliphatic heterocycles. The molecule has 1 aromatic carbocycles. The third kappa shape index (κ3) is 4.63. The van der Waals surface area contributed by atoms with Gasteiger partial charge in [0.15, 0.2) is 0 Å². The SMILES string of the molecule is C=CCN(Cc1cccc([N+](=O)[O-])c1)C(=O)CC1(O)CCCC1. The minimum absolute atomic E-state index is 0.00271. The Morgan fingerprint density at radius 1 is 1.43 bits per heavy atom. The van der Waals surface area contributed by atoms with Gasteiger partial charge in [-0.05, 0) is 18.4 Å². The topological polar surface area (TPSA) is 83.7 Å². The number of amides is 1. The monoisotopic (exact) mass is 318 g/mol. The second-order valence-electron chi connectivity index (χ2n) is 6.10. The lowest BCUT2D eigenvalue weighted by molar-refractivity contribution is -0.384. The van der Waals surface area contributed by atoms with E-state index in [1.807, 2.05) is 0 Å². The van der Waals surface area contributed by atoms with Crippen LogP contribution in [0.4, 0.5) is 5.69 Å². The maximum absolute atomic E-state index is 12.5. The second-order valence-corrected chi connectivity index (χ2v) is 6.10. The maximum Gasteiger partial charge on any atom is 0.269 e. The third-order valence-corrected chi connectivity index (χ3v) is 4.21. The van der Waals surface area contributed by atoms with Crippen LogP contribution in [0.5, 0.6) is 0 Å². The van der Waals surface area contributed by atoms with Crippen molar-refractivity contribution in [1.82, 2.24) is 4.90 Å². The van der Waals surface area contributed by atoms with Gasteiger partial charge in [-0.3, -0.25) is 14.9 Å². The van der Waals surface area contributed by atoms with Crippen molar-refractivity contribution in [3.8, 4) is 0 Å². The summed E-state index contributed by atoms with van der Waals surface area (Å²) in [7, 11) is 0. The highest BCUT2D eigenvalue weighted by Crippen LogP contribution is 2.33. The number of nitrogens with zero attached hydrogens (tertiary/aromatic N) is 2. The zero-order chi connectivity index (χ0) is 16.9. The van der Waals surface area contributed by atoms with Crippen molar-refractivity contribution in [2.75, 3.05) is 6.54 Å². The minimum atomic E-state index is -0.904. The summed E-state index contributed by atoms with van der Waals surface area (Å²) >= 11 is 0. The Morgan fingerprint density at radius 2 is 2.13 bits per heavy atom. The number of carbonyl (C=O) groups excluding carboxylic acids is 1. The molecule has 1 aliphatic rings. The molecule has 23 heavy (non-hydrogen) atoms. The number of aliphatic hydroxyl groups is 1. The number of hydrogen-bond donors (Lipinski definition) is 1. The minimum Gasteiger partial charge on any atom is -0.389 e. The number of benzene rings is 1. The molecular formula is C17H22N2O4. The first kappa shape index (κ1) is 17.1. The number of rotatable bonds is 7. The van der Waals surface area contributed by atoms with E-state index in [0.29, 0.717) is 24.9 Å². The Balaban J connectivity index is 2.08. The second kappa shape index (κ2) is 7.37. The third-order valence-electron chi connectivity index (χ3n) is 4.21. The predicted octanol–water partition coefficient (Wildman–Crippen LogP) is 2.80. The van der Waals surface area contributed by atoms with Crippen LogP contribution >= 0.6 is 0 Å². The average molecular weight is 318 g/mol. The normalized spacial score (nSPS) is 16.0. The molecule has 0 spiro atoms. The molecule has 0 heterocycles. The zero-order valence-electron chi connectivity index (χ0n) is 13.1. The predicted molar refractivity (Wildman–Crippen MR) is 86.7 cm³/mol. The van der Waals surface area contributed by atoms with E-state index in [2.05, 4.69) is 6.58 Å². The Bertz CT molecular complexity index is 594. The van der Waals surface area contributed by atoms with Crippen LogP contribution in [0.25, 0.3) is 0 Å². The molecule has 1 N–H and O–H groups in total. The van der Waals surface area contributed by atoms with Gasteiger partial charge < -0.3 is 10.0 Å². The van der Waals surface area contributed by atoms with Gasteiger partial charge in [-0.2, -0.15) is 0 Å². The largest absolute Gasteiger partial charge is 0.389 e. The maximum atomic E-state index is 12.5. The van der Waals surface area contributed by atoms with Gasteiger partial charge in [0.25, 0.3) is 5.69 Å². The van der Waals surface area contributed by atoms with E-state index >= 15 is 0 Å². The number of carbonyl (C=O) groups is 1. The summed E-state index contributed by atoms with van der Waals surface area (Å²) in [5.41, 5.74) is -0.213. The molecule has 0 radical (unpaired) electrons. The van der Waals surface area contributed by atoms with Crippen LogP contribution in [-0.2, 0) is 11.3 Å². The Hall–Kier alpha value is -2.21. The first-order valence-corrected chi connectivity index (χ1v) is 7.78. The van der Waals surface area contributed by atoms with Crippen LogP contribution in [0.2, 0.25) is 0 Å². The van der Waals surface area contributed by atoms with E-state index in [-0.39, 0.29) is 24.6 Å². The lowest BCUT2D eigenvalue weighted by atomic mass is 9.97. The van der Waals surface area contributed by atoms with E-state index < -0.39 is 10.5 Å². The molecule has 1 saturated carbocycles. The molecule has 1 amide bonds. The van der Waals surface area contributed by atoms with Crippen molar-refractivity contribution in [1.29, 1.82) is 0 Å². The molecule has 0 saturated heterocycles. The number of nitro groups is 1. The fraction of sp³-hybridized carbons (Fsp3) is 0.471. The molecule has 1 fully saturated rings. The van der Waals surface area contributed by atoms with Gasteiger partial charge in [-0.1, -0.05) is 31.1 Å². The summed E-state index contributed by atoms with van der Waals surface area (Å²) in [6.07, 6.45) is 4.89. The van der Waals surface area contributed by atoms with Crippen LogP contribution in [0.1, 0.15) is 37.7 Å². The summed E-state index contributed by atoms with van der Waals surface area (Å²) in [6.45, 7) is 4.27. The fourth-order valence-corrected chi connectivity index (χ4v) is 3.00. The molecule has 0 unspecified atom stereocenters. The lowest BCUT2D eigenvalue weighted by Gasteiger charge is -2.27. The van der Waals surface area contributed by atoms with Gasteiger partial charge in [-0.25, -0.2) is 0 Å². The number of nitro benzene ring substituents is 1. The quantitative estimate of drug-likeness (QED) is 0.476. The molecule has 0 atom stereocenters. The van der Waals surface area contributed by atoms with Gasteiger partial charge in [0.1, 0.15) is 0 Å². The van der Waals surface area contributed by atoms with Crippen LogP contribution in [0, 0.1) is 10.1 Å². The molecular weight excluding hydrogens is 296 g/mol. The van der Waals surface area contributed by atoms with E-state index in [4.69, 9.17) is 0 Å². The number of non-ortho nitro benzene ring substituents is 1. The highest BCUT2D eigenvalue weighted by Gasteiger charge is 2.34. The van der Waals surface area contributed by atoms with Crippen molar-refractivity contribution in [2.24, 2.45) is 0 Å². The van der Waals surface area contributed by atoms with Gasteiger partial charge in [0.2, 0.25) is 5.91 Å². The first-order valence-electron chi connectivity index (χ1n) is 7.78. The molecule has 2 rings (SSSR count). The summed E-state index contributed by atoms with van der Waals surface area (Å²) < 4.78 is 0. The van der Waals surface area contributed by atoms with Gasteiger partial charge in [0, 0.05) is 25.2 Å². The molecule has 1 aromatic rings. The van der Waals surface area contributed by atoms with Crippen molar-refractivity contribution >= 4 is 11.6 Å². The standard InChI is InChI=1S/C17H22N2O4/c1-2-10-18(16(20)12-17(21)8-3-4-9-17)13-14-6-5-7-15(11-14)19(22)23/h2,5-7,11,21H,1,3-4,8-10,12-13H2. The zero-order valence-corrected chi connectivity index (χ0v) is 13.1. The van der Waals surface area contributed by atoms with E-state index in [1.54, 1.807) is 23.1 Å². The summed E-state index contributed by atoms with van der Waals surface area (Å²) in [4.78, 5) is 24.5. The van der Waals surface area contributed by atoms with Crippen molar-refractivity contribution in [2.45, 2.75) is 44.2 Å². The smallest absolute Gasteiger partial charge is 0.269 e. The van der Waals surface area contributed by atoms with E-state index in [0.717, 1.165) is 12.8 Å². The Labute approximate surface area is 135 Å². The molecule has 0 aromatic heterocycles. The van der Waals surface area contributed by atoms with E-state index in [1.165, 1.54) is 12.1 Å². The highest BCUT2D eigenvalue weighted by molar-refractivity contribution is 5.77. The van der Waals surface area contributed by atoms with Gasteiger partial charge >= 0.3 is 0 Å². The van der Waals surface area contributed by atoms with Crippen LogP contribution < -0.4 is 0 Å². The summed E-state index contributed by atoms with van der Waals surface area (Å²) in [5, 5.41) is 21.2.